The van der Waals surface area contributed by atoms with E-state index in [-0.39, 0.29) is 28.7 Å². The molecule has 1 fully saturated rings. The minimum Gasteiger partial charge on any atom is -0.465 e. The molecule has 3 aromatic rings. The van der Waals surface area contributed by atoms with Crippen molar-refractivity contribution >= 4 is 27.3 Å². The molecule has 31 heavy (non-hydrogen) atoms. The Morgan fingerprint density at radius 2 is 1.90 bits per heavy atom. The van der Waals surface area contributed by atoms with Gasteiger partial charge in [0.25, 0.3) is 0 Å². The molecule has 7 nitrogen and oxygen atoms in total. The van der Waals surface area contributed by atoms with E-state index in [0.717, 1.165) is 6.42 Å². The summed E-state index contributed by atoms with van der Waals surface area (Å²) in [7, 11) is -2.46. The lowest BCUT2D eigenvalue weighted by molar-refractivity contribution is 0.0600. The molecule has 1 unspecified atom stereocenters. The van der Waals surface area contributed by atoms with E-state index >= 15 is 0 Å². The minimum absolute atomic E-state index is 0.115. The molecule has 0 radical (unpaired) electrons. The van der Waals surface area contributed by atoms with Crippen molar-refractivity contribution in [2.24, 2.45) is 0 Å². The number of halogens is 1. The summed E-state index contributed by atoms with van der Waals surface area (Å²) in [5.74, 6) is -1.01. The van der Waals surface area contributed by atoms with E-state index in [9.17, 15) is 17.6 Å². The van der Waals surface area contributed by atoms with Crippen LogP contribution in [0.1, 0.15) is 34.1 Å². The van der Waals surface area contributed by atoms with Crippen molar-refractivity contribution in [1.82, 2.24) is 14.5 Å². The topological polar surface area (TPSA) is 89.5 Å². The Balaban J connectivity index is 1.53. The van der Waals surface area contributed by atoms with Gasteiger partial charge in [-0.15, -0.1) is 10.2 Å². The number of esters is 1. The number of rotatable bonds is 5. The summed E-state index contributed by atoms with van der Waals surface area (Å²) in [6.07, 6.45) is 1.46. The molecule has 1 atom stereocenters. The van der Waals surface area contributed by atoms with E-state index in [1.54, 1.807) is 18.2 Å². The fourth-order valence-electron chi connectivity index (χ4n) is 3.54. The molecule has 0 N–H and O–H groups in total. The number of carbonyl (C=O) groups excluding carboxylic acids is 1. The van der Waals surface area contributed by atoms with E-state index in [0.29, 0.717) is 28.5 Å². The van der Waals surface area contributed by atoms with Crippen LogP contribution in [0.2, 0.25) is 0 Å². The molecule has 1 aliphatic rings. The molecular formula is C21H20FN3O4S2. The number of aromatic nitrogens is 2. The molecule has 4 rings (SSSR count). The monoisotopic (exact) mass is 461 g/mol. The highest BCUT2D eigenvalue weighted by atomic mass is 32.2. The molecule has 0 bridgehead atoms. The predicted molar refractivity (Wildman–Crippen MR) is 114 cm³/mol. The summed E-state index contributed by atoms with van der Waals surface area (Å²) in [4.78, 5) is 11.7. The molecule has 0 aliphatic carbocycles. The van der Waals surface area contributed by atoms with Crippen molar-refractivity contribution in [3.05, 3.63) is 64.9 Å². The number of piperidine rings is 1. The van der Waals surface area contributed by atoms with Crippen LogP contribution in [0.25, 0.3) is 10.6 Å². The van der Waals surface area contributed by atoms with Crippen LogP contribution in [0.15, 0.2) is 53.4 Å². The third-order valence-corrected chi connectivity index (χ3v) is 8.19. The number of methoxy groups -OCH3 is 1. The molecule has 0 saturated carbocycles. The molecule has 1 aliphatic heterocycles. The highest BCUT2D eigenvalue weighted by Gasteiger charge is 2.32. The first-order chi connectivity index (χ1) is 14.9. The van der Waals surface area contributed by atoms with Gasteiger partial charge in [0, 0.05) is 24.6 Å². The number of ether oxygens (including phenoxy) is 1. The van der Waals surface area contributed by atoms with E-state index in [1.807, 2.05) is 0 Å². The van der Waals surface area contributed by atoms with Gasteiger partial charge in [-0.25, -0.2) is 17.6 Å². The highest BCUT2D eigenvalue weighted by Crippen LogP contribution is 2.35. The standard InChI is InChI=1S/C21H20FN3O4S2/c1-29-21(26)14-8-10-16(11-9-14)31(27,28)25-12-4-5-15(13-25)19-23-24-20(30-19)17-6-2-3-7-18(17)22/h2-3,6-11,15H,4-5,12-13H2,1H3. The van der Waals surface area contributed by atoms with Gasteiger partial charge in [0.1, 0.15) is 10.8 Å². The van der Waals surface area contributed by atoms with Gasteiger partial charge in [0.2, 0.25) is 10.0 Å². The summed E-state index contributed by atoms with van der Waals surface area (Å²) in [6.45, 7) is 0.670. The molecule has 162 valence electrons. The maximum Gasteiger partial charge on any atom is 0.337 e. The highest BCUT2D eigenvalue weighted by molar-refractivity contribution is 7.89. The predicted octanol–water partition coefficient (Wildman–Crippen LogP) is 3.70. The van der Waals surface area contributed by atoms with Gasteiger partial charge in [-0.1, -0.05) is 23.5 Å². The fourth-order valence-corrected chi connectivity index (χ4v) is 6.06. The van der Waals surface area contributed by atoms with Crippen LogP contribution in [-0.4, -0.2) is 49.1 Å². The van der Waals surface area contributed by atoms with E-state index in [1.165, 1.54) is 53.1 Å². The van der Waals surface area contributed by atoms with Crippen LogP contribution in [-0.2, 0) is 14.8 Å². The van der Waals surface area contributed by atoms with E-state index in [4.69, 9.17) is 0 Å². The number of hydrogen-bond donors (Lipinski definition) is 0. The van der Waals surface area contributed by atoms with Crippen LogP contribution in [0.4, 0.5) is 4.39 Å². The second-order valence-electron chi connectivity index (χ2n) is 7.14. The molecular weight excluding hydrogens is 441 g/mol. The zero-order chi connectivity index (χ0) is 22.0. The number of carbonyl (C=O) groups is 1. The Morgan fingerprint density at radius 3 is 2.61 bits per heavy atom. The van der Waals surface area contributed by atoms with Crippen molar-refractivity contribution in [2.45, 2.75) is 23.7 Å². The van der Waals surface area contributed by atoms with Crippen LogP contribution < -0.4 is 0 Å². The normalized spacial score (nSPS) is 17.4. The SMILES string of the molecule is COC(=O)c1ccc(S(=O)(=O)N2CCCC(c3nnc(-c4ccccc4F)s3)C2)cc1. The maximum absolute atomic E-state index is 14.1. The van der Waals surface area contributed by atoms with Gasteiger partial charge < -0.3 is 4.74 Å². The first kappa shape index (κ1) is 21.5. The van der Waals surface area contributed by atoms with Gasteiger partial charge in [0.15, 0.2) is 5.01 Å². The molecule has 10 heteroatoms. The van der Waals surface area contributed by atoms with Crippen molar-refractivity contribution < 1.29 is 22.3 Å². The molecule has 1 aromatic heterocycles. The van der Waals surface area contributed by atoms with Crippen LogP contribution in [0.5, 0.6) is 0 Å². The molecule has 0 spiro atoms. The lowest BCUT2D eigenvalue weighted by atomic mass is 10.0. The molecule has 1 saturated heterocycles. The summed E-state index contributed by atoms with van der Waals surface area (Å²) >= 11 is 1.29. The minimum atomic E-state index is -3.73. The molecule has 2 heterocycles. The number of sulfonamides is 1. The van der Waals surface area contributed by atoms with Gasteiger partial charge in [-0.2, -0.15) is 4.31 Å². The summed E-state index contributed by atoms with van der Waals surface area (Å²) in [6, 6.07) is 12.1. The smallest absolute Gasteiger partial charge is 0.337 e. The van der Waals surface area contributed by atoms with Crippen LogP contribution >= 0.6 is 11.3 Å². The number of nitrogens with zero attached hydrogens (tertiary/aromatic N) is 3. The van der Waals surface area contributed by atoms with Crippen LogP contribution in [0, 0.1) is 5.82 Å². The van der Waals surface area contributed by atoms with Crippen LogP contribution in [0.3, 0.4) is 0 Å². The zero-order valence-corrected chi connectivity index (χ0v) is 18.3. The third-order valence-electron chi connectivity index (χ3n) is 5.19. The van der Waals surface area contributed by atoms with Gasteiger partial charge in [-0.3, -0.25) is 0 Å². The van der Waals surface area contributed by atoms with Gasteiger partial charge >= 0.3 is 5.97 Å². The Labute approximate surface area is 183 Å². The van der Waals surface area contributed by atoms with Crippen molar-refractivity contribution in [1.29, 1.82) is 0 Å². The first-order valence-electron chi connectivity index (χ1n) is 9.67. The van der Waals surface area contributed by atoms with E-state index in [2.05, 4.69) is 14.9 Å². The average molecular weight is 462 g/mol. The Morgan fingerprint density at radius 1 is 1.16 bits per heavy atom. The summed E-state index contributed by atoms with van der Waals surface area (Å²) < 4.78 is 46.4. The van der Waals surface area contributed by atoms with Crippen molar-refractivity contribution in [3.63, 3.8) is 0 Å². The van der Waals surface area contributed by atoms with E-state index < -0.39 is 16.0 Å². The van der Waals surface area contributed by atoms with Gasteiger partial charge in [-0.05, 0) is 49.2 Å². The average Bonchev–Trinajstić information content (AvgIpc) is 3.29. The quantitative estimate of drug-likeness (QED) is 0.538. The lowest BCUT2D eigenvalue weighted by Gasteiger charge is -2.30. The largest absolute Gasteiger partial charge is 0.465 e. The summed E-state index contributed by atoms with van der Waals surface area (Å²) in [5, 5.41) is 9.51. The van der Waals surface area contributed by atoms with Gasteiger partial charge in [0.05, 0.1) is 17.6 Å². The second kappa shape index (κ2) is 8.81. The first-order valence-corrected chi connectivity index (χ1v) is 11.9. The molecule has 2 aromatic carbocycles. The van der Waals surface area contributed by atoms with Crippen molar-refractivity contribution in [2.75, 3.05) is 20.2 Å². The second-order valence-corrected chi connectivity index (χ2v) is 10.1. The number of hydrogen-bond acceptors (Lipinski definition) is 7. The summed E-state index contributed by atoms with van der Waals surface area (Å²) in [5.41, 5.74) is 0.671. The Bertz CT molecular complexity index is 1200. The number of benzene rings is 2. The zero-order valence-electron chi connectivity index (χ0n) is 16.7. The Hall–Kier alpha value is -2.69. The third kappa shape index (κ3) is 4.36. The molecule has 0 amide bonds. The maximum atomic E-state index is 14.1. The lowest BCUT2D eigenvalue weighted by Crippen LogP contribution is -2.39. The Kier molecular flexibility index (Phi) is 6.12. The fraction of sp³-hybridized carbons (Fsp3) is 0.286. The van der Waals surface area contributed by atoms with Crippen molar-refractivity contribution in [3.8, 4) is 10.6 Å².